The SMILES string of the molecule is COc1ccc(Nc2cc(Nc3ccc(N4CCC(C)CC4)cc3)ncn2)cc1. The summed E-state index contributed by atoms with van der Waals surface area (Å²) in [6.45, 7) is 4.62. The Kier molecular flexibility index (Phi) is 5.79. The molecule has 0 radical (unpaired) electrons. The Balaban J connectivity index is 1.39. The normalized spacial score (nSPS) is 14.5. The maximum Gasteiger partial charge on any atom is 0.135 e. The molecule has 0 spiro atoms. The van der Waals surface area contributed by atoms with Crippen LogP contribution in [-0.4, -0.2) is 30.2 Å². The van der Waals surface area contributed by atoms with Gasteiger partial charge < -0.3 is 20.3 Å². The van der Waals surface area contributed by atoms with E-state index in [1.54, 1.807) is 13.4 Å². The summed E-state index contributed by atoms with van der Waals surface area (Å²) in [6, 6.07) is 18.2. The van der Waals surface area contributed by atoms with Gasteiger partial charge in [0.2, 0.25) is 0 Å². The van der Waals surface area contributed by atoms with Gasteiger partial charge in [0.15, 0.2) is 0 Å². The molecule has 2 aromatic carbocycles. The molecule has 6 nitrogen and oxygen atoms in total. The summed E-state index contributed by atoms with van der Waals surface area (Å²) in [5, 5.41) is 6.64. The van der Waals surface area contributed by atoms with Gasteiger partial charge in [0.25, 0.3) is 0 Å². The summed E-state index contributed by atoms with van der Waals surface area (Å²) < 4.78 is 5.19. The Bertz CT molecular complexity index is 919. The Hall–Kier alpha value is -3.28. The second-order valence-corrected chi connectivity index (χ2v) is 7.48. The third kappa shape index (κ3) is 4.96. The van der Waals surface area contributed by atoms with Crippen LogP contribution in [0.3, 0.4) is 0 Å². The molecule has 1 fully saturated rings. The van der Waals surface area contributed by atoms with Crippen LogP contribution in [-0.2, 0) is 0 Å². The maximum absolute atomic E-state index is 5.19. The lowest BCUT2D eigenvalue weighted by atomic mass is 9.99. The van der Waals surface area contributed by atoms with Gasteiger partial charge >= 0.3 is 0 Å². The number of piperidine rings is 1. The van der Waals surface area contributed by atoms with Crippen molar-refractivity contribution in [1.82, 2.24) is 9.97 Å². The van der Waals surface area contributed by atoms with E-state index in [0.717, 1.165) is 47.8 Å². The highest BCUT2D eigenvalue weighted by atomic mass is 16.5. The van der Waals surface area contributed by atoms with Crippen LogP contribution in [0.2, 0.25) is 0 Å². The number of nitrogens with one attached hydrogen (secondary N) is 2. The van der Waals surface area contributed by atoms with Crippen molar-refractivity contribution in [3.8, 4) is 5.75 Å². The van der Waals surface area contributed by atoms with Crippen LogP contribution in [0, 0.1) is 5.92 Å². The second kappa shape index (κ2) is 8.82. The van der Waals surface area contributed by atoms with Crippen molar-refractivity contribution in [3.05, 3.63) is 60.9 Å². The standard InChI is InChI=1S/C23H27N5O/c1-17-11-13-28(14-12-17)20-7-3-18(4-8-20)26-22-15-23(25-16-24-22)27-19-5-9-21(29-2)10-6-19/h3-10,15-17H,11-14H2,1-2H3,(H2,24,25,26,27). The summed E-state index contributed by atoms with van der Waals surface area (Å²) in [5.41, 5.74) is 3.23. The number of methoxy groups -OCH3 is 1. The van der Waals surface area contributed by atoms with Crippen LogP contribution in [0.25, 0.3) is 0 Å². The Morgan fingerprint density at radius 3 is 1.97 bits per heavy atom. The number of aromatic nitrogens is 2. The van der Waals surface area contributed by atoms with Crippen LogP contribution in [0.5, 0.6) is 5.75 Å². The van der Waals surface area contributed by atoms with Crippen LogP contribution < -0.4 is 20.3 Å². The van der Waals surface area contributed by atoms with Crippen molar-refractivity contribution < 1.29 is 4.74 Å². The van der Waals surface area contributed by atoms with Crippen molar-refractivity contribution in [2.45, 2.75) is 19.8 Å². The van der Waals surface area contributed by atoms with Gasteiger partial charge in [-0.1, -0.05) is 6.92 Å². The molecule has 2 heterocycles. The zero-order valence-electron chi connectivity index (χ0n) is 16.9. The number of hydrogen-bond donors (Lipinski definition) is 2. The number of nitrogens with zero attached hydrogens (tertiary/aromatic N) is 3. The van der Waals surface area contributed by atoms with Gasteiger partial charge in [-0.15, -0.1) is 0 Å². The lowest BCUT2D eigenvalue weighted by molar-refractivity contribution is 0.415. The van der Waals surface area contributed by atoms with Crippen LogP contribution in [0.15, 0.2) is 60.9 Å². The number of rotatable bonds is 6. The lowest BCUT2D eigenvalue weighted by Gasteiger charge is -2.32. The van der Waals surface area contributed by atoms with Crippen molar-refractivity contribution in [3.63, 3.8) is 0 Å². The van der Waals surface area contributed by atoms with E-state index in [4.69, 9.17) is 4.74 Å². The van der Waals surface area contributed by atoms with E-state index >= 15 is 0 Å². The zero-order chi connectivity index (χ0) is 20.1. The first kappa shape index (κ1) is 19.1. The van der Waals surface area contributed by atoms with Gasteiger partial charge in [-0.2, -0.15) is 0 Å². The monoisotopic (exact) mass is 389 g/mol. The first-order chi connectivity index (χ1) is 14.2. The molecule has 0 unspecified atom stereocenters. The fourth-order valence-corrected chi connectivity index (χ4v) is 3.49. The Morgan fingerprint density at radius 1 is 0.862 bits per heavy atom. The molecule has 1 aromatic heterocycles. The van der Waals surface area contributed by atoms with E-state index in [1.807, 2.05) is 30.3 Å². The molecule has 0 atom stereocenters. The minimum atomic E-state index is 0.728. The fourth-order valence-electron chi connectivity index (χ4n) is 3.49. The molecule has 2 N–H and O–H groups in total. The highest BCUT2D eigenvalue weighted by Crippen LogP contribution is 2.26. The highest BCUT2D eigenvalue weighted by molar-refractivity contribution is 5.64. The molecule has 1 aliphatic rings. The second-order valence-electron chi connectivity index (χ2n) is 7.48. The van der Waals surface area contributed by atoms with Crippen molar-refractivity contribution in [1.29, 1.82) is 0 Å². The molecule has 0 bridgehead atoms. The zero-order valence-corrected chi connectivity index (χ0v) is 16.9. The van der Waals surface area contributed by atoms with E-state index in [2.05, 4.69) is 56.7 Å². The molecule has 29 heavy (non-hydrogen) atoms. The smallest absolute Gasteiger partial charge is 0.135 e. The summed E-state index contributed by atoms with van der Waals surface area (Å²) in [4.78, 5) is 11.1. The largest absolute Gasteiger partial charge is 0.497 e. The molecule has 3 aromatic rings. The number of hydrogen-bond acceptors (Lipinski definition) is 6. The van der Waals surface area contributed by atoms with E-state index in [1.165, 1.54) is 18.5 Å². The first-order valence-corrected chi connectivity index (χ1v) is 10.0. The van der Waals surface area contributed by atoms with Crippen LogP contribution in [0.1, 0.15) is 19.8 Å². The van der Waals surface area contributed by atoms with Crippen LogP contribution in [0.4, 0.5) is 28.7 Å². The molecule has 0 saturated carbocycles. The summed E-state index contributed by atoms with van der Waals surface area (Å²) in [5.74, 6) is 3.14. The topological polar surface area (TPSA) is 62.3 Å². The fraction of sp³-hybridized carbons (Fsp3) is 0.304. The lowest BCUT2D eigenvalue weighted by Crippen LogP contribution is -2.32. The number of anilines is 5. The van der Waals surface area contributed by atoms with E-state index in [-0.39, 0.29) is 0 Å². The minimum Gasteiger partial charge on any atom is -0.497 e. The molecule has 4 rings (SSSR count). The molecular formula is C23H27N5O. The van der Waals surface area contributed by atoms with Gasteiger partial charge in [-0.05, 0) is 67.3 Å². The number of ether oxygens (including phenoxy) is 1. The van der Waals surface area contributed by atoms with Gasteiger partial charge in [0.05, 0.1) is 7.11 Å². The van der Waals surface area contributed by atoms with Gasteiger partial charge in [0.1, 0.15) is 23.7 Å². The predicted molar refractivity (Wildman–Crippen MR) is 119 cm³/mol. The minimum absolute atomic E-state index is 0.728. The summed E-state index contributed by atoms with van der Waals surface area (Å²) in [7, 11) is 1.66. The average molecular weight is 390 g/mol. The summed E-state index contributed by atoms with van der Waals surface area (Å²) in [6.07, 6.45) is 4.09. The van der Waals surface area contributed by atoms with Gasteiger partial charge in [-0.25, -0.2) is 9.97 Å². The first-order valence-electron chi connectivity index (χ1n) is 10.0. The third-order valence-corrected chi connectivity index (χ3v) is 5.32. The Morgan fingerprint density at radius 2 is 1.41 bits per heavy atom. The molecule has 0 aliphatic carbocycles. The van der Waals surface area contributed by atoms with E-state index < -0.39 is 0 Å². The van der Waals surface area contributed by atoms with Crippen molar-refractivity contribution >= 4 is 28.7 Å². The third-order valence-electron chi connectivity index (χ3n) is 5.32. The van der Waals surface area contributed by atoms with Gasteiger partial charge in [0, 0.05) is 36.2 Å². The molecule has 1 saturated heterocycles. The quantitative estimate of drug-likeness (QED) is 0.603. The average Bonchev–Trinajstić information content (AvgIpc) is 2.76. The molecule has 150 valence electrons. The summed E-state index contributed by atoms with van der Waals surface area (Å²) >= 11 is 0. The highest BCUT2D eigenvalue weighted by Gasteiger charge is 2.15. The molecule has 1 aliphatic heterocycles. The molecular weight excluding hydrogens is 362 g/mol. The van der Waals surface area contributed by atoms with Crippen molar-refractivity contribution in [2.75, 3.05) is 35.7 Å². The molecule has 6 heteroatoms. The maximum atomic E-state index is 5.19. The van der Waals surface area contributed by atoms with Gasteiger partial charge in [-0.3, -0.25) is 0 Å². The molecule has 0 amide bonds. The predicted octanol–water partition coefficient (Wildman–Crippen LogP) is 5.21. The van der Waals surface area contributed by atoms with E-state index in [0.29, 0.717) is 0 Å². The van der Waals surface area contributed by atoms with Crippen molar-refractivity contribution in [2.24, 2.45) is 5.92 Å². The van der Waals surface area contributed by atoms with E-state index in [9.17, 15) is 0 Å². The number of benzene rings is 2. The van der Waals surface area contributed by atoms with Crippen LogP contribution >= 0.6 is 0 Å². The Labute approximate surface area is 172 Å².